The molecule has 0 radical (unpaired) electrons. The maximum absolute atomic E-state index is 13.8. The van der Waals surface area contributed by atoms with Gasteiger partial charge in [0.25, 0.3) is 5.56 Å². The Morgan fingerprint density at radius 3 is 2.58 bits per heavy atom. The predicted octanol–water partition coefficient (Wildman–Crippen LogP) is 2.19. The van der Waals surface area contributed by atoms with Crippen LogP contribution in [0.25, 0.3) is 11.1 Å². The lowest BCUT2D eigenvalue weighted by molar-refractivity contribution is 0.246. The van der Waals surface area contributed by atoms with E-state index in [-0.39, 0.29) is 36.4 Å². The number of carbonyl (C=O) groups is 1. The number of nitrogens with two attached hydrogens (primary N) is 1. The van der Waals surface area contributed by atoms with E-state index < -0.39 is 23.2 Å². The van der Waals surface area contributed by atoms with E-state index in [4.69, 9.17) is 15.9 Å². The Labute approximate surface area is 217 Å². The molecule has 0 saturated heterocycles. The summed E-state index contributed by atoms with van der Waals surface area (Å²) >= 11 is 0. The number of nitrogens with zero attached hydrogens (tertiary/aromatic N) is 1. The van der Waals surface area contributed by atoms with Crippen LogP contribution in [-0.2, 0) is 6.54 Å². The first kappa shape index (κ1) is 28.1. The van der Waals surface area contributed by atoms with E-state index in [2.05, 4.69) is 31.2 Å². The van der Waals surface area contributed by atoms with Crippen LogP contribution < -0.4 is 37.3 Å². The van der Waals surface area contributed by atoms with Crippen molar-refractivity contribution in [1.82, 2.24) is 25.9 Å². The number of amides is 2. The van der Waals surface area contributed by atoms with Gasteiger partial charge >= 0.3 is 6.03 Å². The minimum Gasteiger partial charge on any atom is -0.489 e. The van der Waals surface area contributed by atoms with Crippen molar-refractivity contribution in [1.29, 1.82) is 5.41 Å². The quantitative estimate of drug-likeness (QED) is 0.107. The van der Waals surface area contributed by atoms with Gasteiger partial charge in [0, 0.05) is 25.4 Å². The molecule has 0 unspecified atom stereocenters. The van der Waals surface area contributed by atoms with Crippen molar-refractivity contribution in [3.05, 3.63) is 75.7 Å². The Kier molecular flexibility index (Phi) is 10.1. The number of carbonyl (C=O) groups excluding carboxylic acids is 1. The first-order valence-electron chi connectivity index (χ1n) is 11.8. The van der Waals surface area contributed by atoms with E-state index in [9.17, 15) is 18.4 Å². The fourth-order valence-corrected chi connectivity index (χ4v) is 3.35. The van der Waals surface area contributed by atoms with Crippen LogP contribution >= 0.6 is 0 Å². The lowest BCUT2D eigenvalue weighted by Gasteiger charge is -2.10. The molecule has 3 aromatic rings. The number of benzene rings is 2. The number of hydrogen-bond donors (Lipinski definition) is 7. The van der Waals surface area contributed by atoms with Crippen molar-refractivity contribution < 1.29 is 18.3 Å². The number of guanidine groups is 1. The summed E-state index contributed by atoms with van der Waals surface area (Å²) in [6, 6.07) is 8.73. The Hall–Kier alpha value is -4.52. The van der Waals surface area contributed by atoms with Crippen LogP contribution in [0.2, 0.25) is 0 Å². The number of halogens is 2. The fourth-order valence-electron chi connectivity index (χ4n) is 3.35. The summed E-state index contributed by atoms with van der Waals surface area (Å²) in [4.78, 5) is 31.2. The second-order valence-corrected chi connectivity index (χ2v) is 8.30. The molecule has 0 fully saturated rings. The second kappa shape index (κ2) is 13.7. The Morgan fingerprint density at radius 2 is 1.87 bits per heavy atom. The maximum Gasteiger partial charge on any atom is 0.321 e. The Morgan fingerprint density at radius 1 is 1.11 bits per heavy atom. The highest BCUT2D eigenvalue weighted by Gasteiger charge is 2.10. The molecular weight excluding hydrogens is 498 g/mol. The zero-order valence-corrected chi connectivity index (χ0v) is 20.8. The number of hydrogen-bond acceptors (Lipinski definition) is 6. The number of aromatic amines is 1. The van der Waals surface area contributed by atoms with Gasteiger partial charge in [-0.05, 0) is 42.6 Å². The third kappa shape index (κ3) is 8.55. The van der Waals surface area contributed by atoms with Crippen molar-refractivity contribution in [2.75, 3.05) is 31.6 Å². The van der Waals surface area contributed by atoms with Gasteiger partial charge in [-0.1, -0.05) is 24.3 Å². The van der Waals surface area contributed by atoms with E-state index in [1.165, 1.54) is 13.1 Å². The van der Waals surface area contributed by atoms with Crippen LogP contribution in [0.15, 0.2) is 47.4 Å². The molecule has 13 heteroatoms. The van der Waals surface area contributed by atoms with E-state index in [0.717, 1.165) is 30.7 Å². The van der Waals surface area contributed by atoms with Gasteiger partial charge in [-0.2, -0.15) is 4.98 Å². The second-order valence-electron chi connectivity index (χ2n) is 8.30. The topological polar surface area (TPSA) is 170 Å². The molecule has 2 aromatic carbocycles. The van der Waals surface area contributed by atoms with E-state index in [0.29, 0.717) is 24.2 Å². The highest BCUT2D eigenvalue weighted by molar-refractivity contribution is 5.87. The van der Waals surface area contributed by atoms with Crippen molar-refractivity contribution in [2.45, 2.75) is 19.9 Å². The van der Waals surface area contributed by atoms with Crippen LogP contribution in [0.1, 0.15) is 17.5 Å². The number of urea groups is 1. The molecule has 8 N–H and O–H groups in total. The molecule has 0 aliphatic heterocycles. The summed E-state index contributed by atoms with van der Waals surface area (Å²) in [5.41, 5.74) is 6.91. The molecule has 0 bridgehead atoms. The molecule has 202 valence electrons. The number of nitrogens with one attached hydrogen (secondary N) is 6. The Bertz CT molecular complexity index is 1310. The highest BCUT2D eigenvalue weighted by atomic mass is 19.1. The van der Waals surface area contributed by atoms with Gasteiger partial charge in [0.1, 0.15) is 12.4 Å². The van der Waals surface area contributed by atoms with Crippen molar-refractivity contribution in [3.8, 4) is 16.9 Å². The zero-order valence-electron chi connectivity index (χ0n) is 20.8. The van der Waals surface area contributed by atoms with Crippen LogP contribution in [0.4, 0.5) is 19.5 Å². The first-order valence-corrected chi connectivity index (χ1v) is 11.8. The maximum atomic E-state index is 13.8. The first-order chi connectivity index (χ1) is 18.2. The summed E-state index contributed by atoms with van der Waals surface area (Å²) in [6.07, 6.45) is 2.28. The van der Waals surface area contributed by atoms with Crippen molar-refractivity contribution in [3.63, 3.8) is 0 Å². The van der Waals surface area contributed by atoms with Gasteiger partial charge in [-0.3, -0.25) is 15.5 Å². The third-order valence-electron chi connectivity index (χ3n) is 5.33. The number of ether oxygens (including phenoxy) is 1. The third-order valence-corrected chi connectivity index (χ3v) is 5.33. The molecule has 0 saturated carbocycles. The smallest absolute Gasteiger partial charge is 0.321 e. The number of H-pyrrole nitrogens is 1. The SMILES string of the molecule is Cc1cc(F)c(OCCNC(=O)Nc2nc(=O)c(-c3ccc(CNCCCNC(=N)N)cc3)c[nH]2)cc1F. The lowest BCUT2D eigenvalue weighted by Crippen LogP contribution is -2.33. The predicted molar refractivity (Wildman–Crippen MR) is 140 cm³/mol. The Balaban J connectivity index is 1.44. The number of aromatic nitrogens is 2. The molecular formula is C25H30F2N8O3. The number of rotatable bonds is 12. The normalized spacial score (nSPS) is 10.6. The fraction of sp³-hybridized carbons (Fsp3) is 0.280. The number of aryl methyl sites for hydroxylation is 1. The van der Waals surface area contributed by atoms with Gasteiger partial charge < -0.3 is 31.4 Å². The molecule has 2 amide bonds. The van der Waals surface area contributed by atoms with Gasteiger partial charge in [0.15, 0.2) is 17.5 Å². The molecule has 0 atom stereocenters. The van der Waals surface area contributed by atoms with E-state index in [1.54, 1.807) is 0 Å². The summed E-state index contributed by atoms with van der Waals surface area (Å²) < 4.78 is 32.5. The van der Waals surface area contributed by atoms with Crippen LogP contribution in [0.3, 0.4) is 0 Å². The summed E-state index contributed by atoms with van der Waals surface area (Å²) in [5, 5.41) is 18.0. The minimum atomic E-state index is -0.697. The zero-order chi connectivity index (χ0) is 27.5. The highest BCUT2D eigenvalue weighted by Crippen LogP contribution is 2.21. The van der Waals surface area contributed by atoms with Gasteiger partial charge in [-0.15, -0.1) is 0 Å². The molecule has 11 nitrogen and oxygen atoms in total. The van der Waals surface area contributed by atoms with Gasteiger partial charge in [0.05, 0.1) is 12.1 Å². The van der Waals surface area contributed by atoms with Gasteiger partial charge in [0.2, 0.25) is 5.95 Å². The minimum absolute atomic E-state index is 0.000403. The van der Waals surface area contributed by atoms with Gasteiger partial charge in [-0.25, -0.2) is 13.6 Å². The summed E-state index contributed by atoms with van der Waals surface area (Å²) in [7, 11) is 0. The molecule has 1 heterocycles. The standard InChI is InChI=1S/C25H30F2N8O3/c1-15-11-20(27)21(12-19(15)26)38-10-9-32-25(37)35-24-33-14-18(22(36)34-24)17-5-3-16(4-6-17)13-30-7-2-8-31-23(28)29/h3-6,11-12,14,30H,2,7-10,13H2,1H3,(H4,28,29,31)(H3,32,33,34,35,36,37). The monoisotopic (exact) mass is 528 g/mol. The largest absolute Gasteiger partial charge is 0.489 e. The lowest BCUT2D eigenvalue weighted by atomic mass is 10.1. The molecule has 0 aliphatic rings. The van der Waals surface area contributed by atoms with Crippen LogP contribution in [0.5, 0.6) is 5.75 Å². The average molecular weight is 529 g/mol. The molecule has 1 aromatic heterocycles. The summed E-state index contributed by atoms with van der Waals surface area (Å²) in [5.74, 6) is -1.64. The summed E-state index contributed by atoms with van der Waals surface area (Å²) in [6.45, 7) is 3.36. The molecule has 0 aliphatic carbocycles. The average Bonchev–Trinajstić information content (AvgIpc) is 2.87. The number of anilines is 1. The van der Waals surface area contributed by atoms with E-state index in [1.807, 2.05) is 24.3 Å². The van der Waals surface area contributed by atoms with Crippen molar-refractivity contribution in [2.24, 2.45) is 5.73 Å². The molecule has 0 spiro atoms. The van der Waals surface area contributed by atoms with Crippen molar-refractivity contribution >= 4 is 17.9 Å². The van der Waals surface area contributed by atoms with E-state index >= 15 is 0 Å². The molecule has 38 heavy (non-hydrogen) atoms. The molecule has 3 rings (SSSR count). The van der Waals surface area contributed by atoms with Crippen LogP contribution in [0, 0.1) is 24.0 Å². The van der Waals surface area contributed by atoms with Crippen LogP contribution in [-0.4, -0.2) is 48.2 Å².